The van der Waals surface area contributed by atoms with Crippen LogP contribution in [0.4, 0.5) is 0 Å². The minimum atomic E-state index is -0.274. The van der Waals surface area contributed by atoms with Gasteiger partial charge in [-0.05, 0) is 37.6 Å². The minimum absolute atomic E-state index is 0.0885. The molecule has 1 N–H and O–H groups in total. The van der Waals surface area contributed by atoms with Crippen molar-refractivity contribution in [2.75, 3.05) is 27.4 Å². The molecular formula is C22H27NO5. The molecule has 150 valence electrons. The molecule has 1 atom stereocenters. The first-order valence-electron chi connectivity index (χ1n) is 9.29. The summed E-state index contributed by atoms with van der Waals surface area (Å²) in [5.41, 5.74) is 1.77. The number of ether oxygens (including phenoxy) is 4. The predicted octanol–water partition coefficient (Wildman–Crippen LogP) is 3.29. The van der Waals surface area contributed by atoms with Gasteiger partial charge in [0.05, 0.1) is 13.2 Å². The number of carbonyl (C=O) groups excluding carboxylic acids is 1. The summed E-state index contributed by atoms with van der Waals surface area (Å²) in [6, 6.07) is 13.3. The molecule has 6 heteroatoms. The van der Waals surface area contributed by atoms with E-state index < -0.39 is 0 Å². The fourth-order valence-corrected chi connectivity index (χ4v) is 3.28. The molecule has 1 unspecified atom stereocenters. The molecule has 2 aromatic carbocycles. The molecule has 1 aliphatic heterocycles. The molecule has 28 heavy (non-hydrogen) atoms. The minimum Gasteiger partial charge on any atom is -0.497 e. The van der Waals surface area contributed by atoms with Gasteiger partial charge in [-0.15, -0.1) is 0 Å². The Kier molecular flexibility index (Phi) is 6.09. The average molecular weight is 385 g/mol. The zero-order valence-electron chi connectivity index (χ0n) is 16.8. The van der Waals surface area contributed by atoms with Crippen molar-refractivity contribution in [1.29, 1.82) is 0 Å². The third-order valence-electron chi connectivity index (χ3n) is 4.65. The lowest BCUT2D eigenvalue weighted by Crippen LogP contribution is -2.33. The maximum atomic E-state index is 12.3. The summed E-state index contributed by atoms with van der Waals surface area (Å²) >= 11 is 0. The highest BCUT2D eigenvalue weighted by Gasteiger charge is 2.32. The van der Waals surface area contributed by atoms with Gasteiger partial charge < -0.3 is 24.3 Å². The van der Waals surface area contributed by atoms with E-state index in [0.29, 0.717) is 12.3 Å². The Morgan fingerprint density at radius 1 is 1.21 bits per heavy atom. The summed E-state index contributed by atoms with van der Waals surface area (Å²) in [5.74, 6) is 1.84. The lowest BCUT2D eigenvalue weighted by molar-refractivity contribution is -0.123. The predicted molar refractivity (Wildman–Crippen MR) is 106 cm³/mol. The van der Waals surface area contributed by atoms with Gasteiger partial charge in [0.25, 0.3) is 5.91 Å². The Balaban J connectivity index is 1.54. The topological polar surface area (TPSA) is 66.0 Å². The van der Waals surface area contributed by atoms with Crippen molar-refractivity contribution < 1.29 is 23.7 Å². The number of carbonyl (C=O) groups is 1. The summed E-state index contributed by atoms with van der Waals surface area (Å²) in [6.45, 7) is 4.32. The molecule has 1 heterocycles. The van der Waals surface area contributed by atoms with Gasteiger partial charge >= 0.3 is 0 Å². The highest BCUT2D eigenvalue weighted by atomic mass is 16.5. The standard InChI is InChI=1S/C22H27NO5/c1-22(2)12-16-8-6-10-18(21(16)28-22)27-14-20(24)23-13-19(26-4)15-7-5-9-17(11-15)25-3/h5-11,19H,12-14H2,1-4H3,(H,23,24). The largest absolute Gasteiger partial charge is 0.497 e. The summed E-state index contributed by atoms with van der Waals surface area (Å²) in [6.07, 6.45) is 0.547. The van der Waals surface area contributed by atoms with Crippen LogP contribution in [-0.4, -0.2) is 38.9 Å². The maximum Gasteiger partial charge on any atom is 0.258 e. The molecule has 1 amide bonds. The molecule has 0 spiro atoms. The summed E-state index contributed by atoms with van der Waals surface area (Å²) in [7, 11) is 3.23. The van der Waals surface area contributed by atoms with Crippen molar-refractivity contribution in [3.8, 4) is 17.2 Å². The second kappa shape index (κ2) is 8.52. The molecule has 0 aliphatic carbocycles. The number of fused-ring (bicyclic) bond motifs is 1. The van der Waals surface area contributed by atoms with Crippen LogP contribution in [0.5, 0.6) is 17.2 Å². The summed E-state index contributed by atoms with van der Waals surface area (Å²) in [5, 5.41) is 2.85. The van der Waals surface area contributed by atoms with Crippen molar-refractivity contribution >= 4 is 5.91 Å². The van der Waals surface area contributed by atoms with Crippen LogP contribution >= 0.6 is 0 Å². The molecule has 0 bridgehead atoms. The highest BCUT2D eigenvalue weighted by Crippen LogP contribution is 2.41. The second-order valence-corrected chi connectivity index (χ2v) is 7.38. The van der Waals surface area contributed by atoms with Crippen molar-refractivity contribution in [1.82, 2.24) is 5.32 Å². The first-order valence-corrected chi connectivity index (χ1v) is 9.29. The highest BCUT2D eigenvalue weighted by molar-refractivity contribution is 5.77. The third kappa shape index (κ3) is 4.75. The van der Waals surface area contributed by atoms with E-state index >= 15 is 0 Å². The maximum absolute atomic E-state index is 12.3. The number of nitrogens with one attached hydrogen (secondary N) is 1. The summed E-state index contributed by atoms with van der Waals surface area (Å²) < 4.78 is 22.4. The summed E-state index contributed by atoms with van der Waals surface area (Å²) in [4.78, 5) is 12.3. The number of rotatable bonds is 8. The van der Waals surface area contributed by atoms with E-state index in [2.05, 4.69) is 5.32 Å². The van der Waals surface area contributed by atoms with Gasteiger partial charge in [0.15, 0.2) is 18.1 Å². The lowest BCUT2D eigenvalue weighted by atomic mass is 10.0. The Morgan fingerprint density at radius 2 is 2.00 bits per heavy atom. The molecule has 0 saturated carbocycles. The molecule has 0 fully saturated rings. The zero-order valence-corrected chi connectivity index (χ0v) is 16.8. The van der Waals surface area contributed by atoms with E-state index in [0.717, 1.165) is 29.0 Å². The van der Waals surface area contributed by atoms with E-state index in [1.54, 1.807) is 14.2 Å². The van der Waals surface area contributed by atoms with Gasteiger partial charge in [0.1, 0.15) is 11.4 Å². The fraction of sp³-hybridized carbons (Fsp3) is 0.409. The normalized spacial score (nSPS) is 15.3. The van der Waals surface area contributed by atoms with Crippen LogP contribution in [0, 0.1) is 0 Å². The number of amides is 1. The number of hydrogen-bond donors (Lipinski definition) is 1. The molecule has 6 nitrogen and oxygen atoms in total. The van der Waals surface area contributed by atoms with Gasteiger partial charge in [0, 0.05) is 25.6 Å². The Labute approximate surface area is 165 Å². The molecule has 2 aromatic rings. The van der Waals surface area contributed by atoms with Crippen molar-refractivity contribution in [3.05, 3.63) is 53.6 Å². The Hall–Kier alpha value is -2.73. The van der Waals surface area contributed by atoms with Crippen LogP contribution in [0.1, 0.15) is 31.1 Å². The lowest BCUT2D eigenvalue weighted by Gasteiger charge is -2.19. The molecular weight excluding hydrogens is 358 g/mol. The number of methoxy groups -OCH3 is 2. The Bertz CT molecular complexity index is 833. The van der Waals surface area contributed by atoms with E-state index in [9.17, 15) is 4.79 Å². The molecule has 3 rings (SSSR count). The van der Waals surface area contributed by atoms with Crippen LogP contribution < -0.4 is 19.5 Å². The second-order valence-electron chi connectivity index (χ2n) is 7.38. The number of para-hydroxylation sites is 1. The van der Waals surface area contributed by atoms with E-state index in [1.807, 2.05) is 56.3 Å². The van der Waals surface area contributed by atoms with Gasteiger partial charge in [0.2, 0.25) is 0 Å². The fourth-order valence-electron chi connectivity index (χ4n) is 3.28. The van der Waals surface area contributed by atoms with Crippen LogP contribution in [0.3, 0.4) is 0 Å². The van der Waals surface area contributed by atoms with Crippen LogP contribution in [-0.2, 0) is 16.0 Å². The first-order chi connectivity index (χ1) is 13.4. The van der Waals surface area contributed by atoms with Gasteiger partial charge in [-0.2, -0.15) is 0 Å². The van der Waals surface area contributed by atoms with Crippen molar-refractivity contribution in [2.24, 2.45) is 0 Å². The van der Waals surface area contributed by atoms with Crippen LogP contribution in [0.15, 0.2) is 42.5 Å². The van der Waals surface area contributed by atoms with E-state index in [4.69, 9.17) is 18.9 Å². The Morgan fingerprint density at radius 3 is 2.75 bits per heavy atom. The first kappa shape index (κ1) is 20.0. The van der Waals surface area contributed by atoms with Gasteiger partial charge in [-0.1, -0.05) is 24.3 Å². The zero-order chi connectivity index (χ0) is 20.1. The third-order valence-corrected chi connectivity index (χ3v) is 4.65. The van der Waals surface area contributed by atoms with E-state index in [-0.39, 0.29) is 24.2 Å². The number of benzene rings is 2. The van der Waals surface area contributed by atoms with Gasteiger partial charge in [-0.3, -0.25) is 4.79 Å². The SMILES string of the molecule is COc1cccc(C(CNC(=O)COc2cccc3c2OC(C)(C)C3)OC)c1. The monoisotopic (exact) mass is 385 g/mol. The average Bonchev–Trinajstić information content (AvgIpc) is 3.01. The molecule has 0 radical (unpaired) electrons. The van der Waals surface area contributed by atoms with Gasteiger partial charge in [-0.25, -0.2) is 0 Å². The number of hydrogen-bond acceptors (Lipinski definition) is 5. The molecule has 1 aliphatic rings. The molecule has 0 saturated heterocycles. The quantitative estimate of drug-likeness (QED) is 0.755. The van der Waals surface area contributed by atoms with Crippen molar-refractivity contribution in [3.63, 3.8) is 0 Å². The van der Waals surface area contributed by atoms with E-state index in [1.165, 1.54) is 0 Å². The molecule has 0 aromatic heterocycles. The van der Waals surface area contributed by atoms with Crippen LogP contribution in [0.2, 0.25) is 0 Å². The smallest absolute Gasteiger partial charge is 0.258 e. The van der Waals surface area contributed by atoms with Crippen molar-refractivity contribution in [2.45, 2.75) is 32.0 Å². The van der Waals surface area contributed by atoms with Crippen LogP contribution in [0.25, 0.3) is 0 Å².